The molecular formula is C16H20N2O. The SMILES string of the molecule is CCC(N)Cc1cncc(Oc2ccccc2C)c1. The van der Waals surface area contributed by atoms with Gasteiger partial charge in [-0.25, -0.2) is 0 Å². The first-order valence-corrected chi connectivity index (χ1v) is 6.62. The van der Waals surface area contributed by atoms with E-state index in [-0.39, 0.29) is 6.04 Å². The Morgan fingerprint density at radius 3 is 2.79 bits per heavy atom. The Morgan fingerprint density at radius 2 is 2.05 bits per heavy atom. The molecule has 2 rings (SSSR count). The van der Waals surface area contributed by atoms with Crippen LogP contribution in [0.2, 0.25) is 0 Å². The van der Waals surface area contributed by atoms with Gasteiger partial charge in [-0.3, -0.25) is 4.98 Å². The third-order valence-electron chi connectivity index (χ3n) is 3.11. The van der Waals surface area contributed by atoms with Crippen LogP contribution in [0.3, 0.4) is 0 Å². The second-order valence-corrected chi connectivity index (χ2v) is 4.77. The largest absolute Gasteiger partial charge is 0.455 e. The molecule has 0 aliphatic rings. The lowest BCUT2D eigenvalue weighted by Crippen LogP contribution is -2.21. The number of ether oxygens (including phenoxy) is 1. The fourth-order valence-electron chi connectivity index (χ4n) is 1.88. The summed E-state index contributed by atoms with van der Waals surface area (Å²) in [6, 6.07) is 10.1. The molecule has 3 heteroatoms. The van der Waals surface area contributed by atoms with Crippen molar-refractivity contribution in [2.45, 2.75) is 32.7 Å². The standard InChI is InChI=1S/C16H20N2O/c1-3-14(17)8-13-9-15(11-18-10-13)19-16-7-5-4-6-12(16)2/h4-7,9-11,14H,3,8,17H2,1-2H3. The van der Waals surface area contributed by atoms with Gasteiger partial charge < -0.3 is 10.5 Å². The molecule has 0 radical (unpaired) electrons. The smallest absolute Gasteiger partial charge is 0.145 e. The summed E-state index contributed by atoms with van der Waals surface area (Å²) in [6.45, 7) is 4.12. The highest BCUT2D eigenvalue weighted by molar-refractivity contribution is 5.36. The normalized spacial score (nSPS) is 12.2. The summed E-state index contributed by atoms with van der Waals surface area (Å²) in [5, 5.41) is 0. The first-order chi connectivity index (χ1) is 9.19. The molecule has 0 bridgehead atoms. The van der Waals surface area contributed by atoms with E-state index in [0.717, 1.165) is 35.5 Å². The molecule has 0 spiro atoms. The highest BCUT2D eigenvalue weighted by atomic mass is 16.5. The molecule has 0 amide bonds. The van der Waals surface area contributed by atoms with Gasteiger partial charge in [-0.05, 0) is 43.0 Å². The predicted octanol–water partition coefficient (Wildman–Crippen LogP) is 3.46. The van der Waals surface area contributed by atoms with Gasteiger partial charge in [-0.2, -0.15) is 0 Å². The molecule has 100 valence electrons. The fraction of sp³-hybridized carbons (Fsp3) is 0.312. The Kier molecular flexibility index (Phi) is 4.53. The van der Waals surface area contributed by atoms with Crippen molar-refractivity contribution in [1.82, 2.24) is 4.98 Å². The molecule has 1 aromatic carbocycles. The first kappa shape index (κ1) is 13.6. The molecule has 0 saturated carbocycles. The minimum Gasteiger partial charge on any atom is -0.455 e. The maximum absolute atomic E-state index is 5.96. The van der Waals surface area contributed by atoms with Crippen LogP contribution in [0.4, 0.5) is 0 Å². The molecule has 0 aliphatic carbocycles. The predicted molar refractivity (Wildman–Crippen MR) is 77.5 cm³/mol. The minimum atomic E-state index is 0.176. The van der Waals surface area contributed by atoms with Crippen LogP contribution < -0.4 is 10.5 Å². The molecule has 1 unspecified atom stereocenters. The van der Waals surface area contributed by atoms with Crippen LogP contribution in [0.15, 0.2) is 42.7 Å². The summed E-state index contributed by atoms with van der Waals surface area (Å²) in [5.74, 6) is 1.62. The van der Waals surface area contributed by atoms with Gasteiger partial charge in [0.2, 0.25) is 0 Å². The highest BCUT2D eigenvalue weighted by Gasteiger charge is 2.05. The number of aromatic nitrogens is 1. The molecule has 1 heterocycles. The molecule has 19 heavy (non-hydrogen) atoms. The lowest BCUT2D eigenvalue weighted by atomic mass is 10.1. The lowest BCUT2D eigenvalue weighted by molar-refractivity contribution is 0.475. The van der Waals surface area contributed by atoms with Crippen molar-refractivity contribution in [3.05, 3.63) is 53.9 Å². The zero-order valence-electron chi connectivity index (χ0n) is 11.5. The van der Waals surface area contributed by atoms with E-state index in [9.17, 15) is 0 Å². The van der Waals surface area contributed by atoms with Crippen molar-refractivity contribution in [3.63, 3.8) is 0 Å². The van der Waals surface area contributed by atoms with Gasteiger partial charge in [0, 0.05) is 12.2 Å². The van der Waals surface area contributed by atoms with Crippen LogP contribution in [-0.2, 0) is 6.42 Å². The van der Waals surface area contributed by atoms with Gasteiger partial charge in [0.15, 0.2) is 0 Å². The number of pyridine rings is 1. The van der Waals surface area contributed by atoms with E-state index in [2.05, 4.69) is 11.9 Å². The quantitative estimate of drug-likeness (QED) is 0.891. The van der Waals surface area contributed by atoms with Crippen LogP contribution in [0.5, 0.6) is 11.5 Å². The molecule has 1 aromatic heterocycles. The average Bonchev–Trinajstić information content (AvgIpc) is 2.42. The molecule has 0 saturated heterocycles. The number of aryl methyl sites for hydroxylation is 1. The van der Waals surface area contributed by atoms with Crippen molar-refractivity contribution in [2.24, 2.45) is 5.73 Å². The van der Waals surface area contributed by atoms with Gasteiger partial charge in [0.25, 0.3) is 0 Å². The number of rotatable bonds is 5. The summed E-state index contributed by atoms with van der Waals surface area (Å²) in [7, 11) is 0. The van der Waals surface area contributed by atoms with Crippen molar-refractivity contribution in [1.29, 1.82) is 0 Å². The summed E-state index contributed by atoms with van der Waals surface area (Å²) < 4.78 is 5.86. The van der Waals surface area contributed by atoms with Crippen LogP contribution in [0.1, 0.15) is 24.5 Å². The van der Waals surface area contributed by atoms with E-state index in [1.807, 2.05) is 43.5 Å². The van der Waals surface area contributed by atoms with Gasteiger partial charge in [-0.1, -0.05) is 25.1 Å². The lowest BCUT2D eigenvalue weighted by Gasteiger charge is -2.11. The first-order valence-electron chi connectivity index (χ1n) is 6.62. The summed E-state index contributed by atoms with van der Waals surface area (Å²) in [6.07, 6.45) is 5.37. The van der Waals surface area contributed by atoms with Gasteiger partial charge >= 0.3 is 0 Å². The van der Waals surface area contributed by atoms with Crippen molar-refractivity contribution < 1.29 is 4.74 Å². The molecule has 2 aromatic rings. The Hall–Kier alpha value is -1.87. The van der Waals surface area contributed by atoms with E-state index < -0.39 is 0 Å². The fourth-order valence-corrected chi connectivity index (χ4v) is 1.88. The zero-order chi connectivity index (χ0) is 13.7. The van der Waals surface area contributed by atoms with Crippen LogP contribution in [0, 0.1) is 6.92 Å². The van der Waals surface area contributed by atoms with Crippen molar-refractivity contribution in [3.8, 4) is 11.5 Å². The number of benzene rings is 1. The number of para-hydroxylation sites is 1. The van der Waals surface area contributed by atoms with E-state index in [1.165, 1.54) is 0 Å². The van der Waals surface area contributed by atoms with Crippen LogP contribution in [0.25, 0.3) is 0 Å². The molecule has 0 aliphatic heterocycles. The average molecular weight is 256 g/mol. The summed E-state index contributed by atoms with van der Waals surface area (Å²) >= 11 is 0. The minimum absolute atomic E-state index is 0.176. The number of nitrogens with zero attached hydrogens (tertiary/aromatic N) is 1. The Labute approximate surface area is 114 Å². The molecular weight excluding hydrogens is 236 g/mol. The summed E-state index contributed by atoms with van der Waals surface area (Å²) in [5.41, 5.74) is 8.18. The number of hydrogen-bond donors (Lipinski definition) is 1. The van der Waals surface area contributed by atoms with E-state index in [0.29, 0.717) is 0 Å². The zero-order valence-corrected chi connectivity index (χ0v) is 11.5. The maximum atomic E-state index is 5.96. The van der Waals surface area contributed by atoms with Gasteiger partial charge in [0.1, 0.15) is 11.5 Å². The molecule has 0 fully saturated rings. The maximum Gasteiger partial charge on any atom is 0.145 e. The second-order valence-electron chi connectivity index (χ2n) is 4.77. The molecule has 1 atom stereocenters. The van der Waals surface area contributed by atoms with Crippen molar-refractivity contribution in [2.75, 3.05) is 0 Å². The molecule has 3 nitrogen and oxygen atoms in total. The third kappa shape index (κ3) is 3.80. The van der Waals surface area contributed by atoms with Crippen LogP contribution in [-0.4, -0.2) is 11.0 Å². The van der Waals surface area contributed by atoms with E-state index >= 15 is 0 Å². The van der Waals surface area contributed by atoms with Crippen LogP contribution >= 0.6 is 0 Å². The Bertz CT molecular complexity index is 540. The monoisotopic (exact) mass is 256 g/mol. The molecule has 2 N–H and O–H groups in total. The van der Waals surface area contributed by atoms with Gasteiger partial charge in [0.05, 0.1) is 6.20 Å². The van der Waals surface area contributed by atoms with Gasteiger partial charge in [-0.15, -0.1) is 0 Å². The topological polar surface area (TPSA) is 48.1 Å². The van der Waals surface area contributed by atoms with Crippen molar-refractivity contribution >= 4 is 0 Å². The highest BCUT2D eigenvalue weighted by Crippen LogP contribution is 2.24. The third-order valence-corrected chi connectivity index (χ3v) is 3.11. The number of nitrogens with two attached hydrogens (primary N) is 1. The van der Waals surface area contributed by atoms with E-state index in [4.69, 9.17) is 10.5 Å². The van der Waals surface area contributed by atoms with E-state index in [1.54, 1.807) is 6.20 Å². The number of hydrogen-bond acceptors (Lipinski definition) is 3. The summed E-state index contributed by atoms with van der Waals surface area (Å²) in [4.78, 5) is 4.22. The Morgan fingerprint density at radius 1 is 1.26 bits per heavy atom. The second kappa shape index (κ2) is 6.34. The Balaban J connectivity index is 2.13.